The van der Waals surface area contributed by atoms with E-state index in [1.165, 1.54) is 12.1 Å². The molecule has 8 nitrogen and oxygen atoms in total. The molecule has 0 atom stereocenters. The number of hydrogen-bond acceptors (Lipinski definition) is 4. The second-order valence-corrected chi connectivity index (χ2v) is 6.91. The van der Waals surface area contributed by atoms with Gasteiger partial charge in [-0.1, -0.05) is 23.8 Å². The van der Waals surface area contributed by atoms with E-state index in [9.17, 15) is 27.6 Å². The fraction of sp³-hybridized carbons (Fsp3) is 0.318. The van der Waals surface area contributed by atoms with Gasteiger partial charge in [-0.15, -0.1) is 0 Å². The number of carbonyl (C=O) groups excluding carboxylic acids is 3. The molecule has 0 heterocycles. The van der Waals surface area contributed by atoms with E-state index in [0.717, 1.165) is 22.6 Å². The van der Waals surface area contributed by atoms with E-state index >= 15 is 0 Å². The average Bonchev–Trinajstić information content (AvgIpc) is 2.76. The van der Waals surface area contributed by atoms with Crippen LogP contribution in [0.2, 0.25) is 0 Å². The summed E-state index contributed by atoms with van der Waals surface area (Å²) in [6.07, 6.45) is -4.58. The van der Waals surface area contributed by atoms with Crippen LogP contribution in [0.25, 0.3) is 0 Å². The Kier molecular flexibility index (Phi) is 9.08. The maximum absolute atomic E-state index is 13.2. The standard InChI is InChI=1S/C22H25F3N4O4/c1-3-33-19(30)14-27-20(31)26-11-12-29(18-6-4-5-16(13-18)22(23,24)25)21(32)28-17-9-7-15(2)8-10-17/h4-10,13H,3,11-12,14H2,1-2H3,(H,28,32)(H2,26,27,31). The van der Waals surface area contributed by atoms with Gasteiger partial charge in [0.2, 0.25) is 0 Å². The van der Waals surface area contributed by atoms with Crippen LogP contribution >= 0.6 is 0 Å². The Morgan fingerprint density at radius 1 is 1.03 bits per heavy atom. The summed E-state index contributed by atoms with van der Waals surface area (Å²) in [4.78, 5) is 37.1. The monoisotopic (exact) mass is 466 g/mol. The first-order valence-corrected chi connectivity index (χ1v) is 10.1. The first-order valence-electron chi connectivity index (χ1n) is 10.1. The molecule has 0 aliphatic carbocycles. The highest BCUT2D eigenvalue weighted by atomic mass is 19.4. The van der Waals surface area contributed by atoms with Crippen LogP contribution in [-0.2, 0) is 15.7 Å². The molecule has 3 N–H and O–H groups in total. The summed E-state index contributed by atoms with van der Waals surface area (Å²) in [5, 5.41) is 7.38. The number of carbonyl (C=O) groups is 3. The van der Waals surface area contributed by atoms with Gasteiger partial charge in [0.1, 0.15) is 6.54 Å². The van der Waals surface area contributed by atoms with Crippen molar-refractivity contribution in [2.24, 2.45) is 0 Å². The molecule has 178 valence electrons. The SMILES string of the molecule is CCOC(=O)CNC(=O)NCCN(C(=O)Nc1ccc(C)cc1)c1cccc(C(F)(F)F)c1. The zero-order valence-corrected chi connectivity index (χ0v) is 18.2. The lowest BCUT2D eigenvalue weighted by molar-refractivity contribution is -0.141. The van der Waals surface area contributed by atoms with Gasteiger partial charge in [-0.3, -0.25) is 9.69 Å². The molecule has 0 aromatic heterocycles. The number of nitrogens with zero attached hydrogens (tertiary/aromatic N) is 1. The summed E-state index contributed by atoms with van der Waals surface area (Å²) < 4.78 is 44.2. The van der Waals surface area contributed by atoms with Crippen LogP contribution in [-0.4, -0.2) is 44.3 Å². The van der Waals surface area contributed by atoms with Crippen molar-refractivity contribution in [1.29, 1.82) is 0 Å². The number of alkyl halides is 3. The number of urea groups is 2. The number of anilines is 2. The average molecular weight is 466 g/mol. The smallest absolute Gasteiger partial charge is 0.416 e. The van der Waals surface area contributed by atoms with Crippen molar-refractivity contribution < 1.29 is 32.3 Å². The largest absolute Gasteiger partial charge is 0.465 e. The fourth-order valence-corrected chi connectivity index (χ4v) is 2.73. The topological polar surface area (TPSA) is 99.8 Å². The maximum atomic E-state index is 13.2. The normalized spacial score (nSPS) is 10.8. The molecule has 2 aromatic carbocycles. The van der Waals surface area contributed by atoms with Crippen molar-refractivity contribution in [2.45, 2.75) is 20.0 Å². The molecule has 11 heteroatoms. The van der Waals surface area contributed by atoms with Gasteiger partial charge in [-0.25, -0.2) is 9.59 Å². The van der Waals surface area contributed by atoms with Crippen molar-refractivity contribution in [3.63, 3.8) is 0 Å². The fourth-order valence-electron chi connectivity index (χ4n) is 2.73. The molecule has 0 unspecified atom stereocenters. The highest BCUT2D eigenvalue weighted by Gasteiger charge is 2.31. The van der Waals surface area contributed by atoms with Crippen LogP contribution in [0.3, 0.4) is 0 Å². The third-order valence-corrected chi connectivity index (χ3v) is 4.35. The number of esters is 1. The van der Waals surface area contributed by atoms with Gasteiger partial charge >= 0.3 is 24.2 Å². The van der Waals surface area contributed by atoms with E-state index in [2.05, 4.69) is 16.0 Å². The Hall–Kier alpha value is -3.76. The Morgan fingerprint density at radius 2 is 1.73 bits per heavy atom. The summed E-state index contributed by atoms with van der Waals surface area (Å²) in [5.41, 5.74) is 0.528. The van der Waals surface area contributed by atoms with Gasteiger partial charge in [0.05, 0.1) is 12.2 Å². The first kappa shape index (κ1) is 25.5. The zero-order valence-electron chi connectivity index (χ0n) is 18.2. The predicted octanol–water partition coefficient (Wildman–Crippen LogP) is 3.91. The quantitative estimate of drug-likeness (QED) is 0.514. The van der Waals surface area contributed by atoms with Crippen molar-refractivity contribution in [1.82, 2.24) is 10.6 Å². The third kappa shape index (κ3) is 8.36. The Morgan fingerprint density at radius 3 is 2.36 bits per heavy atom. The van der Waals surface area contributed by atoms with Crippen molar-refractivity contribution in [3.8, 4) is 0 Å². The zero-order chi connectivity index (χ0) is 24.4. The first-order chi connectivity index (χ1) is 15.6. The van der Waals surface area contributed by atoms with Crippen molar-refractivity contribution in [3.05, 3.63) is 59.7 Å². The van der Waals surface area contributed by atoms with Crippen LogP contribution in [0.4, 0.5) is 34.1 Å². The number of rotatable bonds is 8. The van der Waals surface area contributed by atoms with Crippen LogP contribution in [0.15, 0.2) is 48.5 Å². The summed E-state index contributed by atoms with van der Waals surface area (Å²) in [6, 6.07) is 9.85. The molecule has 0 bridgehead atoms. The predicted molar refractivity (Wildman–Crippen MR) is 117 cm³/mol. The van der Waals surface area contributed by atoms with Crippen LogP contribution in [0.5, 0.6) is 0 Å². The van der Waals surface area contributed by atoms with Gasteiger partial charge in [0.25, 0.3) is 0 Å². The molecule has 2 aromatic rings. The summed E-state index contributed by atoms with van der Waals surface area (Å²) in [5.74, 6) is -0.615. The molecule has 0 aliphatic rings. The molecule has 0 radical (unpaired) electrons. The number of hydrogen-bond donors (Lipinski definition) is 3. The van der Waals surface area contributed by atoms with Crippen molar-refractivity contribution >= 4 is 29.4 Å². The van der Waals surface area contributed by atoms with Gasteiger partial charge in [-0.2, -0.15) is 13.2 Å². The van der Waals surface area contributed by atoms with E-state index < -0.39 is 29.8 Å². The number of aryl methyl sites for hydroxylation is 1. The highest BCUT2D eigenvalue weighted by Crippen LogP contribution is 2.31. The second-order valence-electron chi connectivity index (χ2n) is 6.91. The molecule has 4 amide bonds. The molecule has 0 saturated carbocycles. The Labute approximate surface area is 189 Å². The van der Waals surface area contributed by atoms with E-state index in [1.807, 2.05) is 6.92 Å². The van der Waals surface area contributed by atoms with Gasteiger partial charge in [-0.05, 0) is 44.2 Å². The lowest BCUT2D eigenvalue weighted by Gasteiger charge is -2.24. The Bertz CT molecular complexity index is 965. The number of benzene rings is 2. The van der Waals surface area contributed by atoms with E-state index in [0.29, 0.717) is 5.69 Å². The molecular formula is C22H25F3N4O4. The van der Waals surface area contributed by atoms with E-state index in [-0.39, 0.29) is 31.9 Å². The molecular weight excluding hydrogens is 441 g/mol. The van der Waals surface area contributed by atoms with Crippen LogP contribution in [0, 0.1) is 6.92 Å². The second kappa shape index (κ2) is 11.7. The number of amides is 4. The molecule has 0 aliphatic heterocycles. The van der Waals surface area contributed by atoms with E-state index in [4.69, 9.17) is 4.74 Å². The van der Waals surface area contributed by atoms with E-state index in [1.54, 1.807) is 31.2 Å². The summed E-state index contributed by atoms with van der Waals surface area (Å²) in [7, 11) is 0. The number of halogens is 3. The molecule has 0 fully saturated rings. The molecule has 0 saturated heterocycles. The molecule has 2 rings (SSSR count). The summed E-state index contributed by atoms with van der Waals surface area (Å²) >= 11 is 0. The van der Waals surface area contributed by atoms with Crippen LogP contribution < -0.4 is 20.9 Å². The van der Waals surface area contributed by atoms with Crippen LogP contribution in [0.1, 0.15) is 18.1 Å². The van der Waals surface area contributed by atoms with Gasteiger partial charge in [0.15, 0.2) is 0 Å². The molecule has 0 spiro atoms. The summed E-state index contributed by atoms with van der Waals surface area (Å²) in [6.45, 7) is 3.11. The number of nitrogens with one attached hydrogen (secondary N) is 3. The lowest BCUT2D eigenvalue weighted by Crippen LogP contribution is -2.44. The number of ether oxygens (including phenoxy) is 1. The minimum atomic E-state index is -4.58. The lowest BCUT2D eigenvalue weighted by atomic mass is 10.2. The van der Waals surface area contributed by atoms with Gasteiger partial charge in [0, 0.05) is 24.5 Å². The minimum absolute atomic E-state index is 0.00293. The Balaban J connectivity index is 2.10. The van der Waals surface area contributed by atoms with Gasteiger partial charge < -0.3 is 20.7 Å². The highest BCUT2D eigenvalue weighted by molar-refractivity contribution is 6.01. The molecule has 33 heavy (non-hydrogen) atoms. The maximum Gasteiger partial charge on any atom is 0.416 e. The minimum Gasteiger partial charge on any atom is -0.465 e. The third-order valence-electron chi connectivity index (χ3n) is 4.35. The van der Waals surface area contributed by atoms with Crippen molar-refractivity contribution in [2.75, 3.05) is 36.5 Å².